The van der Waals surface area contributed by atoms with Gasteiger partial charge in [0.15, 0.2) is 0 Å². The summed E-state index contributed by atoms with van der Waals surface area (Å²) in [6.45, 7) is 5.38. The van der Waals surface area contributed by atoms with Crippen LogP contribution in [0.3, 0.4) is 0 Å². The lowest BCUT2D eigenvalue weighted by molar-refractivity contribution is 0.549. The van der Waals surface area contributed by atoms with Crippen molar-refractivity contribution >= 4 is 11.3 Å². The Balaban J connectivity index is 1.80. The summed E-state index contributed by atoms with van der Waals surface area (Å²) in [7, 11) is 0. The molecule has 0 aliphatic rings. The minimum absolute atomic E-state index is 0.514. The first-order valence-corrected chi connectivity index (χ1v) is 6.88. The number of thiophene rings is 1. The fraction of sp³-hybridized carbons (Fsp3) is 0.333. The molecule has 0 radical (unpaired) electrons. The molecular formula is C15H19NS. The molecule has 17 heavy (non-hydrogen) atoms. The Morgan fingerprint density at radius 3 is 2.53 bits per heavy atom. The molecule has 1 aromatic carbocycles. The summed E-state index contributed by atoms with van der Waals surface area (Å²) >= 11 is 1.87. The molecule has 2 aromatic rings. The highest BCUT2D eigenvalue weighted by Gasteiger charge is 2.03. The van der Waals surface area contributed by atoms with Gasteiger partial charge in [-0.05, 0) is 38.0 Å². The van der Waals surface area contributed by atoms with Crippen molar-refractivity contribution in [3.63, 3.8) is 0 Å². The third-order valence-corrected chi connectivity index (χ3v) is 3.81. The highest BCUT2D eigenvalue weighted by molar-refractivity contribution is 7.11. The number of hydrogen-bond acceptors (Lipinski definition) is 2. The molecule has 1 aromatic heterocycles. The van der Waals surface area contributed by atoms with Gasteiger partial charge in [-0.1, -0.05) is 30.3 Å². The van der Waals surface area contributed by atoms with Gasteiger partial charge >= 0.3 is 0 Å². The molecule has 1 nitrogen and oxygen atoms in total. The third-order valence-electron chi connectivity index (χ3n) is 2.81. The maximum absolute atomic E-state index is 3.57. The summed E-state index contributed by atoms with van der Waals surface area (Å²) in [5.41, 5.74) is 1.40. The van der Waals surface area contributed by atoms with Gasteiger partial charge < -0.3 is 5.32 Å². The zero-order valence-electron chi connectivity index (χ0n) is 10.4. The minimum Gasteiger partial charge on any atom is -0.309 e. The first-order chi connectivity index (χ1) is 8.24. The fourth-order valence-corrected chi connectivity index (χ4v) is 2.74. The first kappa shape index (κ1) is 12.3. The van der Waals surface area contributed by atoms with E-state index in [4.69, 9.17) is 0 Å². The molecule has 1 heterocycles. The number of nitrogens with one attached hydrogen (secondary N) is 1. The van der Waals surface area contributed by atoms with Crippen molar-refractivity contribution in [2.75, 3.05) is 0 Å². The van der Waals surface area contributed by atoms with E-state index in [2.05, 4.69) is 61.6 Å². The molecule has 0 saturated carbocycles. The summed E-state index contributed by atoms with van der Waals surface area (Å²) < 4.78 is 0. The van der Waals surface area contributed by atoms with Crippen molar-refractivity contribution in [2.45, 2.75) is 32.9 Å². The van der Waals surface area contributed by atoms with Gasteiger partial charge in [0.2, 0.25) is 0 Å². The third kappa shape index (κ3) is 3.99. The Morgan fingerprint density at radius 2 is 1.88 bits per heavy atom. The molecule has 1 N–H and O–H groups in total. The summed E-state index contributed by atoms with van der Waals surface area (Å²) in [5, 5.41) is 3.57. The average Bonchev–Trinajstić information content (AvgIpc) is 2.74. The highest BCUT2D eigenvalue weighted by atomic mass is 32.1. The van der Waals surface area contributed by atoms with Crippen molar-refractivity contribution in [1.82, 2.24) is 5.32 Å². The lowest BCUT2D eigenvalue weighted by Gasteiger charge is -2.13. The number of benzene rings is 1. The van der Waals surface area contributed by atoms with Crippen LogP contribution in [0.25, 0.3) is 0 Å². The largest absolute Gasteiger partial charge is 0.309 e. The summed E-state index contributed by atoms with van der Waals surface area (Å²) in [5.74, 6) is 0. The zero-order valence-corrected chi connectivity index (χ0v) is 11.3. The van der Waals surface area contributed by atoms with Crippen molar-refractivity contribution in [3.8, 4) is 0 Å². The molecule has 0 bridgehead atoms. The van der Waals surface area contributed by atoms with Gasteiger partial charge in [-0.3, -0.25) is 0 Å². The summed E-state index contributed by atoms with van der Waals surface area (Å²) in [4.78, 5) is 2.81. The maximum Gasteiger partial charge on any atom is 0.0302 e. The Morgan fingerprint density at radius 1 is 1.12 bits per heavy atom. The monoisotopic (exact) mass is 245 g/mol. The normalized spacial score (nSPS) is 12.6. The number of aryl methyl sites for hydroxylation is 1. The quantitative estimate of drug-likeness (QED) is 0.845. The lowest BCUT2D eigenvalue weighted by Crippen LogP contribution is -2.27. The van der Waals surface area contributed by atoms with Gasteiger partial charge in [-0.25, -0.2) is 0 Å². The molecule has 0 aliphatic carbocycles. The van der Waals surface area contributed by atoms with Gasteiger partial charge in [-0.2, -0.15) is 0 Å². The van der Waals surface area contributed by atoms with Crippen LogP contribution in [0.4, 0.5) is 0 Å². The predicted octanol–water partition coefficient (Wildman–Crippen LogP) is 3.78. The maximum atomic E-state index is 3.57. The van der Waals surface area contributed by atoms with E-state index in [0.29, 0.717) is 6.04 Å². The molecule has 0 amide bonds. The Kier molecular flexibility index (Phi) is 4.35. The summed E-state index contributed by atoms with van der Waals surface area (Å²) in [6, 6.07) is 15.6. The van der Waals surface area contributed by atoms with Crippen LogP contribution in [0.2, 0.25) is 0 Å². The van der Waals surface area contributed by atoms with Crippen molar-refractivity contribution in [3.05, 3.63) is 57.8 Å². The van der Waals surface area contributed by atoms with Crippen LogP contribution in [0, 0.1) is 6.92 Å². The predicted molar refractivity (Wildman–Crippen MR) is 75.5 cm³/mol. The Bertz CT molecular complexity index is 447. The lowest BCUT2D eigenvalue weighted by atomic mass is 10.1. The smallest absolute Gasteiger partial charge is 0.0302 e. The van der Waals surface area contributed by atoms with Gasteiger partial charge in [0.05, 0.1) is 0 Å². The molecule has 0 spiro atoms. The second-order valence-corrected chi connectivity index (χ2v) is 5.86. The molecule has 1 atom stereocenters. The zero-order chi connectivity index (χ0) is 12.1. The molecule has 0 fully saturated rings. The van der Waals surface area contributed by atoms with Crippen LogP contribution in [-0.4, -0.2) is 6.04 Å². The van der Waals surface area contributed by atoms with E-state index < -0.39 is 0 Å². The van der Waals surface area contributed by atoms with E-state index in [0.717, 1.165) is 13.0 Å². The molecular weight excluding hydrogens is 226 g/mol. The van der Waals surface area contributed by atoms with Crippen molar-refractivity contribution < 1.29 is 0 Å². The first-order valence-electron chi connectivity index (χ1n) is 6.06. The fourth-order valence-electron chi connectivity index (χ4n) is 1.89. The van der Waals surface area contributed by atoms with Crippen molar-refractivity contribution in [1.29, 1.82) is 0 Å². The van der Waals surface area contributed by atoms with Gasteiger partial charge in [0.25, 0.3) is 0 Å². The Labute approximate surface area is 108 Å². The average molecular weight is 245 g/mol. The van der Waals surface area contributed by atoms with Crippen LogP contribution >= 0.6 is 11.3 Å². The van der Waals surface area contributed by atoms with Crippen LogP contribution in [0.1, 0.15) is 22.2 Å². The number of rotatable bonds is 5. The molecule has 2 rings (SSSR count). The standard InChI is InChI=1S/C15H19NS/c1-12(10-14-6-4-3-5-7-14)16-11-15-9-8-13(2)17-15/h3-9,12,16H,10-11H2,1-2H3. The number of hydrogen-bond donors (Lipinski definition) is 1. The van der Waals surface area contributed by atoms with E-state index in [1.54, 1.807) is 0 Å². The van der Waals surface area contributed by atoms with E-state index in [1.807, 2.05) is 11.3 Å². The minimum atomic E-state index is 0.514. The Hall–Kier alpha value is -1.12. The van der Waals surface area contributed by atoms with E-state index in [1.165, 1.54) is 15.3 Å². The van der Waals surface area contributed by atoms with Gasteiger partial charge in [0.1, 0.15) is 0 Å². The van der Waals surface area contributed by atoms with E-state index in [-0.39, 0.29) is 0 Å². The summed E-state index contributed by atoms with van der Waals surface area (Å²) in [6.07, 6.45) is 1.09. The molecule has 90 valence electrons. The van der Waals surface area contributed by atoms with Crippen LogP contribution in [0.15, 0.2) is 42.5 Å². The highest BCUT2D eigenvalue weighted by Crippen LogP contribution is 2.14. The van der Waals surface area contributed by atoms with Crippen LogP contribution < -0.4 is 5.32 Å². The van der Waals surface area contributed by atoms with Crippen molar-refractivity contribution in [2.24, 2.45) is 0 Å². The van der Waals surface area contributed by atoms with E-state index >= 15 is 0 Å². The van der Waals surface area contributed by atoms with Gasteiger partial charge in [-0.15, -0.1) is 11.3 Å². The molecule has 2 heteroatoms. The van der Waals surface area contributed by atoms with E-state index in [9.17, 15) is 0 Å². The molecule has 1 unspecified atom stereocenters. The second kappa shape index (κ2) is 5.99. The molecule has 0 saturated heterocycles. The molecule has 0 aliphatic heterocycles. The SMILES string of the molecule is Cc1ccc(CNC(C)Cc2ccccc2)s1. The van der Waals surface area contributed by atoms with Gasteiger partial charge in [0, 0.05) is 22.3 Å². The second-order valence-electron chi connectivity index (χ2n) is 4.48. The van der Waals surface area contributed by atoms with Crippen LogP contribution in [0.5, 0.6) is 0 Å². The topological polar surface area (TPSA) is 12.0 Å². The van der Waals surface area contributed by atoms with Crippen LogP contribution in [-0.2, 0) is 13.0 Å².